The van der Waals surface area contributed by atoms with Gasteiger partial charge in [0.15, 0.2) is 11.5 Å². The molecular weight excluding hydrogens is 370 g/mol. The number of piperidine rings is 1. The maximum Gasteiger partial charge on any atom is 0.268 e. The number of amides is 1. The number of carbonyl (C=O) groups excluding carboxylic acids is 1. The number of pyridine rings is 1. The van der Waals surface area contributed by atoms with Crippen molar-refractivity contribution in [3.8, 4) is 17.2 Å². The lowest BCUT2D eigenvalue weighted by molar-refractivity contribution is 0.0471. The van der Waals surface area contributed by atoms with Gasteiger partial charge in [-0.3, -0.25) is 14.2 Å². The zero-order valence-electron chi connectivity index (χ0n) is 14.8. The van der Waals surface area contributed by atoms with Gasteiger partial charge in [-0.25, -0.2) is 0 Å². The molecule has 3 fully saturated rings. The number of benzene rings is 1. The Kier molecular flexibility index (Phi) is 4.36. The molecule has 0 aliphatic carbocycles. The van der Waals surface area contributed by atoms with Crippen molar-refractivity contribution < 1.29 is 14.3 Å². The molecule has 2 aromatic rings. The van der Waals surface area contributed by atoms with Crippen LogP contribution in [-0.2, 0) is 0 Å². The number of rotatable bonds is 2. The van der Waals surface area contributed by atoms with Gasteiger partial charge in [0.25, 0.3) is 11.5 Å². The van der Waals surface area contributed by atoms with Crippen LogP contribution in [0.4, 0.5) is 0 Å². The van der Waals surface area contributed by atoms with E-state index < -0.39 is 0 Å². The van der Waals surface area contributed by atoms with E-state index in [-0.39, 0.29) is 36.2 Å². The van der Waals surface area contributed by atoms with Gasteiger partial charge in [-0.05, 0) is 37.1 Å². The van der Waals surface area contributed by atoms with Crippen LogP contribution >= 0.6 is 12.4 Å². The normalized spacial score (nSPS) is 22.0. The molecular formula is C19H20ClN3O4. The molecule has 2 bridgehead atoms. The summed E-state index contributed by atoms with van der Waals surface area (Å²) in [6.07, 6.45) is 2.81. The standard InChI is InChI=1S/C19H19N3O4.ClH/c1-11-4-5-22(14-2-3-15-16(7-14)26-10-25-15)19(24)17(11)18(23)21-8-12-6-13(9-21)20-12;/h2-5,7,12-13,20H,6,8-10H2,1H3;1H. The predicted molar refractivity (Wildman–Crippen MR) is 101 cm³/mol. The molecule has 1 N–H and O–H groups in total. The summed E-state index contributed by atoms with van der Waals surface area (Å²) >= 11 is 0. The SMILES string of the molecule is Cc1ccn(-c2ccc3c(c2)OCO3)c(=O)c1C(=O)N1CC2CC(C1)N2.Cl. The monoisotopic (exact) mass is 389 g/mol. The first-order valence-corrected chi connectivity index (χ1v) is 8.78. The molecule has 3 saturated heterocycles. The summed E-state index contributed by atoms with van der Waals surface area (Å²) in [7, 11) is 0. The number of halogens is 1. The molecule has 1 amide bonds. The molecule has 2 unspecified atom stereocenters. The number of fused-ring (bicyclic) bond motifs is 3. The molecule has 2 atom stereocenters. The van der Waals surface area contributed by atoms with Gasteiger partial charge in [-0.15, -0.1) is 12.4 Å². The molecule has 7 nitrogen and oxygen atoms in total. The van der Waals surface area contributed by atoms with Crippen LogP contribution in [0.2, 0.25) is 0 Å². The van der Waals surface area contributed by atoms with Gasteiger partial charge in [-0.1, -0.05) is 0 Å². The third kappa shape index (κ3) is 2.87. The second-order valence-corrected chi connectivity index (χ2v) is 7.09. The van der Waals surface area contributed by atoms with Crippen molar-refractivity contribution in [2.75, 3.05) is 19.9 Å². The van der Waals surface area contributed by atoms with Gasteiger partial charge < -0.3 is 19.7 Å². The summed E-state index contributed by atoms with van der Waals surface area (Å²) in [6, 6.07) is 7.85. The first kappa shape index (κ1) is 17.9. The first-order chi connectivity index (χ1) is 12.6. The van der Waals surface area contributed by atoms with Crippen molar-refractivity contribution in [3.05, 3.63) is 51.9 Å². The number of nitrogens with zero attached hydrogens (tertiary/aromatic N) is 2. The number of ether oxygens (including phenoxy) is 2. The van der Waals surface area contributed by atoms with Crippen LogP contribution < -0.4 is 20.3 Å². The van der Waals surface area contributed by atoms with E-state index in [0.29, 0.717) is 47.9 Å². The molecule has 6 rings (SSSR count). The molecule has 5 heterocycles. The van der Waals surface area contributed by atoms with Crippen molar-refractivity contribution in [1.82, 2.24) is 14.8 Å². The average molecular weight is 390 g/mol. The quantitative estimate of drug-likeness (QED) is 0.842. The lowest BCUT2D eigenvalue weighted by Crippen LogP contribution is -2.67. The third-order valence-electron chi connectivity index (χ3n) is 5.36. The minimum Gasteiger partial charge on any atom is -0.454 e. The fraction of sp³-hybridized carbons (Fsp3) is 0.368. The summed E-state index contributed by atoms with van der Waals surface area (Å²) < 4.78 is 12.2. The number of aryl methyl sites for hydroxylation is 1. The van der Waals surface area contributed by atoms with E-state index in [9.17, 15) is 9.59 Å². The Morgan fingerprint density at radius 1 is 1.15 bits per heavy atom. The maximum atomic E-state index is 13.1. The van der Waals surface area contributed by atoms with Gasteiger partial charge in [0.1, 0.15) is 5.56 Å². The van der Waals surface area contributed by atoms with Gasteiger partial charge in [0, 0.05) is 37.4 Å². The van der Waals surface area contributed by atoms with Crippen molar-refractivity contribution in [3.63, 3.8) is 0 Å². The topological polar surface area (TPSA) is 72.8 Å². The number of carbonyl (C=O) groups is 1. The van der Waals surface area contributed by atoms with Crippen LogP contribution in [0, 0.1) is 6.92 Å². The summed E-state index contributed by atoms with van der Waals surface area (Å²) in [4.78, 5) is 27.9. The van der Waals surface area contributed by atoms with Crippen molar-refractivity contribution >= 4 is 18.3 Å². The maximum absolute atomic E-state index is 13.1. The Balaban J connectivity index is 0.00000180. The summed E-state index contributed by atoms with van der Waals surface area (Å²) in [5.41, 5.74) is 1.29. The minimum atomic E-state index is -0.305. The Bertz CT molecular complexity index is 958. The zero-order valence-corrected chi connectivity index (χ0v) is 15.6. The highest BCUT2D eigenvalue weighted by Gasteiger charge is 2.39. The first-order valence-electron chi connectivity index (χ1n) is 8.78. The number of hydrogen-bond acceptors (Lipinski definition) is 5. The van der Waals surface area contributed by atoms with Crippen LogP contribution in [0.5, 0.6) is 11.5 Å². The van der Waals surface area contributed by atoms with E-state index in [2.05, 4.69) is 5.32 Å². The molecule has 4 aliphatic rings. The van der Waals surface area contributed by atoms with Crippen molar-refractivity contribution in [1.29, 1.82) is 0 Å². The number of hydrogen-bond donors (Lipinski definition) is 1. The van der Waals surface area contributed by atoms with E-state index >= 15 is 0 Å². The highest BCUT2D eigenvalue weighted by atomic mass is 35.5. The smallest absolute Gasteiger partial charge is 0.268 e. The van der Waals surface area contributed by atoms with Crippen LogP contribution in [-0.4, -0.2) is 47.3 Å². The van der Waals surface area contributed by atoms with Crippen molar-refractivity contribution in [2.45, 2.75) is 25.4 Å². The number of nitrogens with one attached hydrogen (secondary N) is 1. The van der Waals surface area contributed by atoms with E-state index in [1.807, 2.05) is 13.0 Å². The second-order valence-electron chi connectivity index (χ2n) is 7.09. The van der Waals surface area contributed by atoms with Gasteiger partial charge in [0.2, 0.25) is 6.79 Å². The average Bonchev–Trinajstić information content (AvgIpc) is 3.09. The molecule has 1 aromatic heterocycles. The highest BCUT2D eigenvalue weighted by molar-refractivity contribution is 5.95. The Morgan fingerprint density at radius 2 is 1.85 bits per heavy atom. The lowest BCUT2D eigenvalue weighted by Gasteiger charge is -2.48. The third-order valence-corrected chi connectivity index (χ3v) is 5.36. The summed E-state index contributed by atoms with van der Waals surface area (Å²) in [5.74, 6) is 1.08. The largest absolute Gasteiger partial charge is 0.454 e. The van der Waals surface area contributed by atoms with Crippen LogP contribution in [0.25, 0.3) is 5.69 Å². The summed E-state index contributed by atoms with van der Waals surface area (Å²) in [5, 5.41) is 3.40. The van der Waals surface area contributed by atoms with Gasteiger partial charge >= 0.3 is 0 Å². The Hall–Kier alpha value is -2.51. The summed E-state index contributed by atoms with van der Waals surface area (Å²) in [6.45, 7) is 3.30. The van der Waals surface area contributed by atoms with Crippen LogP contribution in [0.1, 0.15) is 22.3 Å². The molecule has 1 aromatic carbocycles. The minimum absolute atomic E-state index is 0. The molecule has 0 spiro atoms. The lowest BCUT2D eigenvalue weighted by atomic mass is 9.91. The predicted octanol–water partition coefficient (Wildman–Crippen LogP) is 1.48. The van der Waals surface area contributed by atoms with Gasteiger partial charge in [-0.2, -0.15) is 0 Å². The molecule has 0 radical (unpaired) electrons. The molecule has 142 valence electrons. The van der Waals surface area contributed by atoms with Crippen LogP contribution in [0.3, 0.4) is 0 Å². The molecule has 27 heavy (non-hydrogen) atoms. The van der Waals surface area contributed by atoms with E-state index in [1.165, 1.54) is 4.57 Å². The van der Waals surface area contributed by atoms with E-state index in [1.54, 1.807) is 29.3 Å². The highest BCUT2D eigenvalue weighted by Crippen LogP contribution is 2.33. The fourth-order valence-corrected chi connectivity index (χ4v) is 3.96. The number of piperazine rings is 1. The van der Waals surface area contributed by atoms with Crippen molar-refractivity contribution in [2.24, 2.45) is 0 Å². The second kappa shape index (κ2) is 6.58. The van der Waals surface area contributed by atoms with E-state index in [0.717, 1.165) is 6.42 Å². The number of aromatic nitrogens is 1. The Labute approximate surface area is 162 Å². The van der Waals surface area contributed by atoms with E-state index in [4.69, 9.17) is 9.47 Å². The molecule has 4 aliphatic heterocycles. The fourth-order valence-electron chi connectivity index (χ4n) is 3.96. The Morgan fingerprint density at radius 3 is 2.59 bits per heavy atom. The van der Waals surface area contributed by atoms with Crippen LogP contribution in [0.15, 0.2) is 35.3 Å². The molecule has 0 saturated carbocycles. The zero-order chi connectivity index (χ0) is 17.8. The van der Waals surface area contributed by atoms with Gasteiger partial charge in [0.05, 0.1) is 5.69 Å². The molecule has 8 heteroatoms.